The first-order chi connectivity index (χ1) is 6.77. The quantitative estimate of drug-likeness (QED) is 0.751. The van der Waals surface area contributed by atoms with Gasteiger partial charge < -0.3 is 4.74 Å². The number of nitrogens with zero attached hydrogens (tertiary/aromatic N) is 1. The van der Waals surface area contributed by atoms with Crippen molar-refractivity contribution in [3.63, 3.8) is 0 Å². The molecule has 0 aliphatic carbocycles. The summed E-state index contributed by atoms with van der Waals surface area (Å²) in [6.07, 6.45) is 0. The summed E-state index contributed by atoms with van der Waals surface area (Å²) in [7, 11) is 1.60. The van der Waals surface area contributed by atoms with E-state index in [1.807, 2.05) is 17.5 Å². The molecular formula is C10H7NOS2. The highest BCUT2D eigenvalue weighted by Crippen LogP contribution is 2.37. The average molecular weight is 221 g/mol. The standard InChI is InChI=1S/C10H7NOS2/c1-12-7-2-3-8(13)10-9(7)6(4-11)5-14-10/h2-3,5,13H,1H3. The normalized spacial score (nSPS) is 10.1. The molecule has 0 N–H and O–H groups in total. The minimum Gasteiger partial charge on any atom is -0.496 e. The van der Waals surface area contributed by atoms with Crippen LogP contribution in [0.2, 0.25) is 0 Å². The maximum atomic E-state index is 8.91. The molecule has 70 valence electrons. The van der Waals surface area contributed by atoms with E-state index in [0.717, 1.165) is 20.7 Å². The summed E-state index contributed by atoms with van der Waals surface area (Å²) in [5, 5.41) is 11.6. The number of rotatable bonds is 1. The van der Waals surface area contributed by atoms with Gasteiger partial charge >= 0.3 is 0 Å². The van der Waals surface area contributed by atoms with Crippen LogP contribution in [-0.4, -0.2) is 7.11 Å². The number of thiol groups is 1. The van der Waals surface area contributed by atoms with Crippen LogP contribution in [-0.2, 0) is 0 Å². The van der Waals surface area contributed by atoms with Gasteiger partial charge in [0.25, 0.3) is 0 Å². The van der Waals surface area contributed by atoms with Gasteiger partial charge in [0.15, 0.2) is 0 Å². The Morgan fingerprint density at radius 1 is 1.50 bits per heavy atom. The molecule has 0 aliphatic rings. The largest absolute Gasteiger partial charge is 0.496 e. The molecule has 0 atom stereocenters. The van der Waals surface area contributed by atoms with E-state index < -0.39 is 0 Å². The summed E-state index contributed by atoms with van der Waals surface area (Å²) in [5.41, 5.74) is 0.651. The lowest BCUT2D eigenvalue weighted by Gasteiger charge is -2.03. The van der Waals surface area contributed by atoms with Crippen molar-refractivity contribution in [1.29, 1.82) is 5.26 Å². The van der Waals surface area contributed by atoms with Crippen molar-refractivity contribution in [3.8, 4) is 11.8 Å². The summed E-state index contributed by atoms with van der Waals surface area (Å²) < 4.78 is 6.21. The van der Waals surface area contributed by atoms with Gasteiger partial charge in [0.1, 0.15) is 11.8 Å². The van der Waals surface area contributed by atoms with E-state index in [0.29, 0.717) is 5.56 Å². The highest BCUT2D eigenvalue weighted by Gasteiger charge is 2.11. The van der Waals surface area contributed by atoms with E-state index in [2.05, 4.69) is 18.7 Å². The monoisotopic (exact) mass is 221 g/mol. The fourth-order valence-corrected chi connectivity index (χ4v) is 2.62. The number of nitriles is 1. The van der Waals surface area contributed by atoms with Crippen molar-refractivity contribution >= 4 is 34.1 Å². The van der Waals surface area contributed by atoms with Gasteiger partial charge in [-0.25, -0.2) is 0 Å². The molecule has 0 amide bonds. The topological polar surface area (TPSA) is 33.0 Å². The Labute approximate surface area is 91.1 Å². The number of hydrogen-bond donors (Lipinski definition) is 1. The minimum absolute atomic E-state index is 0.651. The zero-order chi connectivity index (χ0) is 10.1. The number of fused-ring (bicyclic) bond motifs is 1. The molecule has 0 unspecified atom stereocenters. The predicted molar refractivity (Wildman–Crippen MR) is 60.3 cm³/mol. The molecule has 0 bridgehead atoms. The number of hydrogen-bond acceptors (Lipinski definition) is 4. The van der Waals surface area contributed by atoms with Gasteiger partial charge in [-0.05, 0) is 12.1 Å². The molecule has 2 rings (SSSR count). The average Bonchev–Trinajstić information content (AvgIpc) is 2.63. The summed E-state index contributed by atoms with van der Waals surface area (Å²) in [4.78, 5) is 0.882. The smallest absolute Gasteiger partial charge is 0.128 e. The Balaban J connectivity index is 2.90. The third-order valence-electron chi connectivity index (χ3n) is 2.00. The Hall–Kier alpha value is -1.18. The molecule has 14 heavy (non-hydrogen) atoms. The third-order valence-corrected chi connectivity index (χ3v) is 3.54. The van der Waals surface area contributed by atoms with Crippen molar-refractivity contribution in [3.05, 3.63) is 23.1 Å². The van der Waals surface area contributed by atoms with Crippen LogP contribution in [0.4, 0.5) is 0 Å². The molecule has 2 aromatic rings. The van der Waals surface area contributed by atoms with E-state index in [-0.39, 0.29) is 0 Å². The maximum absolute atomic E-state index is 8.91. The zero-order valence-corrected chi connectivity index (χ0v) is 9.15. The highest BCUT2D eigenvalue weighted by atomic mass is 32.1. The van der Waals surface area contributed by atoms with Crippen LogP contribution < -0.4 is 4.74 Å². The van der Waals surface area contributed by atoms with E-state index in [1.165, 1.54) is 11.3 Å². The highest BCUT2D eigenvalue weighted by molar-refractivity contribution is 7.80. The number of ether oxygens (including phenoxy) is 1. The maximum Gasteiger partial charge on any atom is 0.128 e. The number of methoxy groups -OCH3 is 1. The van der Waals surface area contributed by atoms with Crippen LogP contribution in [0.15, 0.2) is 22.4 Å². The summed E-state index contributed by atoms with van der Waals surface area (Å²) in [5.74, 6) is 0.732. The molecule has 1 aromatic heterocycles. The van der Waals surface area contributed by atoms with Gasteiger partial charge in [0.05, 0.1) is 22.8 Å². The Kier molecular flexibility index (Phi) is 2.36. The van der Waals surface area contributed by atoms with Gasteiger partial charge in [0.2, 0.25) is 0 Å². The molecule has 4 heteroatoms. The molecule has 0 radical (unpaired) electrons. The van der Waals surface area contributed by atoms with Crippen LogP contribution in [0.5, 0.6) is 5.75 Å². The van der Waals surface area contributed by atoms with Crippen LogP contribution in [0.1, 0.15) is 5.56 Å². The second-order valence-corrected chi connectivity index (χ2v) is 4.11. The fourth-order valence-electron chi connectivity index (χ4n) is 1.36. The first-order valence-electron chi connectivity index (χ1n) is 3.95. The molecule has 2 nitrogen and oxygen atoms in total. The summed E-state index contributed by atoms with van der Waals surface area (Å²) in [6.45, 7) is 0. The molecule has 0 fully saturated rings. The molecule has 1 heterocycles. The molecular weight excluding hydrogens is 214 g/mol. The number of thiophene rings is 1. The number of benzene rings is 1. The van der Waals surface area contributed by atoms with Crippen LogP contribution in [0, 0.1) is 11.3 Å². The van der Waals surface area contributed by atoms with Crippen molar-refractivity contribution < 1.29 is 4.74 Å². The minimum atomic E-state index is 0.651. The predicted octanol–water partition coefficient (Wildman–Crippen LogP) is 3.07. The van der Waals surface area contributed by atoms with Crippen molar-refractivity contribution in [2.75, 3.05) is 7.11 Å². The van der Waals surface area contributed by atoms with E-state index in [9.17, 15) is 0 Å². The van der Waals surface area contributed by atoms with Crippen molar-refractivity contribution in [1.82, 2.24) is 0 Å². The van der Waals surface area contributed by atoms with Crippen molar-refractivity contribution in [2.45, 2.75) is 4.90 Å². The zero-order valence-electron chi connectivity index (χ0n) is 7.44. The second kappa shape index (κ2) is 3.52. The lowest BCUT2D eigenvalue weighted by molar-refractivity contribution is 0.419. The first kappa shape index (κ1) is 9.38. The van der Waals surface area contributed by atoms with Crippen LogP contribution >= 0.6 is 24.0 Å². The molecule has 0 saturated carbocycles. The van der Waals surface area contributed by atoms with Crippen LogP contribution in [0.3, 0.4) is 0 Å². The molecule has 1 aromatic carbocycles. The SMILES string of the molecule is COc1ccc(S)c2scc(C#N)c12. The van der Waals surface area contributed by atoms with Gasteiger partial charge in [-0.15, -0.1) is 24.0 Å². The van der Waals surface area contributed by atoms with E-state index >= 15 is 0 Å². The Bertz CT molecular complexity index is 525. The molecule has 0 aliphatic heterocycles. The first-order valence-corrected chi connectivity index (χ1v) is 5.28. The second-order valence-electron chi connectivity index (χ2n) is 2.75. The van der Waals surface area contributed by atoms with Gasteiger partial charge in [-0.3, -0.25) is 0 Å². The molecule has 0 saturated heterocycles. The van der Waals surface area contributed by atoms with Crippen LogP contribution in [0.25, 0.3) is 10.1 Å². The van der Waals surface area contributed by atoms with E-state index in [4.69, 9.17) is 10.00 Å². The summed E-state index contributed by atoms with van der Waals surface area (Å²) in [6, 6.07) is 5.86. The fraction of sp³-hybridized carbons (Fsp3) is 0.100. The Morgan fingerprint density at radius 3 is 2.93 bits per heavy atom. The Morgan fingerprint density at radius 2 is 2.29 bits per heavy atom. The lowest BCUT2D eigenvalue weighted by Crippen LogP contribution is -1.84. The summed E-state index contributed by atoms with van der Waals surface area (Å²) >= 11 is 5.85. The van der Waals surface area contributed by atoms with Gasteiger partial charge in [-0.2, -0.15) is 5.26 Å². The van der Waals surface area contributed by atoms with Crippen molar-refractivity contribution in [2.24, 2.45) is 0 Å². The van der Waals surface area contributed by atoms with E-state index in [1.54, 1.807) is 7.11 Å². The van der Waals surface area contributed by atoms with Gasteiger partial charge in [-0.1, -0.05) is 0 Å². The third kappa shape index (κ3) is 1.26. The van der Waals surface area contributed by atoms with Gasteiger partial charge in [0, 0.05) is 10.3 Å². The molecule has 0 spiro atoms. The lowest BCUT2D eigenvalue weighted by atomic mass is 10.2.